The van der Waals surface area contributed by atoms with Gasteiger partial charge in [0, 0.05) is 11.7 Å². The number of amidine groups is 1. The molecule has 2 atom stereocenters. The molecule has 2 N–H and O–H groups in total. The molecule has 1 aliphatic rings. The van der Waals surface area contributed by atoms with Crippen LogP contribution >= 0.6 is 11.8 Å². The molecule has 82 valence electrons. The van der Waals surface area contributed by atoms with Crippen LogP contribution in [0.4, 0.5) is 0 Å². The normalized spacial score (nSPS) is 29.1. The molecule has 0 bridgehead atoms. The quantitative estimate of drug-likeness (QED) is 0.577. The fourth-order valence-electron chi connectivity index (χ4n) is 2.01. The van der Waals surface area contributed by atoms with Crippen LogP contribution in [0.1, 0.15) is 45.4 Å². The van der Waals surface area contributed by atoms with Gasteiger partial charge < -0.3 is 5.73 Å². The Hall–Kier alpha value is -0.180. The van der Waals surface area contributed by atoms with Crippen molar-refractivity contribution in [1.29, 1.82) is 0 Å². The fourth-order valence-corrected chi connectivity index (χ4v) is 2.82. The summed E-state index contributed by atoms with van der Waals surface area (Å²) < 4.78 is 0. The van der Waals surface area contributed by atoms with Crippen molar-refractivity contribution in [2.75, 3.05) is 6.26 Å². The van der Waals surface area contributed by atoms with Crippen LogP contribution in [0.25, 0.3) is 0 Å². The molecule has 1 fully saturated rings. The van der Waals surface area contributed by atoms with Crippen molar-refractivity contribution in [3.05, 3.63) is 0 Å². The van der Waals surface area contributed by atoms with Gasteiger partial charge in [-0.2, -0.15) is 11.8 Å². The number of hydrogen-bond acceptors (Lipinski definition) is 2. The van der Waals surface area contributed by atoms with Crippen LogP contribution in [0, 0.1) is 0 Å². The van der Waals surface area contributed by atoms with Gasteiger partial charge in [-0.3, -0.25) is 4.99 Å². The van der Waals surface area contributed by atoms with Gasteiger partial charge in [-0.1, -0.05) is 13.3 Å². The Balaban J connectivity index is 2.39. The Kier molecular flexibility index (Phi) is 5.38. The standard InChI is InChI=1S/C11H22N2S/c1-3-5-11(12)13-9-6-4-7-10(8-9)14-2/h9-10H,3-8H2,1-2H3,(H2,12,13). The molecule has 14 heavy (non-hydrogen) atoms. The summed E-state index contributed by atoms with van der Waals surface area (Å²) in [6, 6.07) is 0.507. The van der Waals surface area contributed by atoms with E-state index in [9.17, 15) is 0 Å². The molecular formula is C11H22N2S. The molecule has 0 heterocycles. The molecule has 0 aliphatic heterocycles. The predicted octanol–water partition coefficient (Wildman–Crippen LogP) is 2.82. The Morgan fingerprint density at radius 3 is 2.93 bits per heavy atom. The van der Waals surface area contributed by atoms with Crippen molar-refractivity contribution in [1.82, 2.24) is 0 Å². The summed E-state index contributed by atoms with van der Waals surface area (Å²) in [5.74, 6) is 0.860. The maximum atomic E-state index is 5.85. The highest BCUT2D eigenvalue weighted by Crippen LogP contribution is 2.28. The molecule has 0 aromatic heterocycles. The molecule has 0 spiro atoms. The van der Waals surface area contributed by atoms with Gasteiger partial charge in [0.1, 0.15) is 0 Å². The van der Waals surface area contributed by atoms with Gasteiger partial charge in [-0.15, -0.1) is 0 Å². The van der Waals surface area contributed by atoms with Gasteiger partial charge in [0.25, 0.3) is 0 Å². The van der Waals surface area contributed by atoms with Gasteiger partial charge in [0.15, 0.2) is 0 Å². The Morgan fingerprint density at radius 1 is 1.50 bits per heavy atom. The molecule has 0 radical (unpaired) electrons. The van der Waals surface area contributed by atoms with Gasteiger partial charge in [0.05, 0.1) is 11.9 Å². The highest BCUT2D eigenvalue weighted by atomic mass is 32.2. The minimum Gasteiger partial charge on any atom is -0.387 e. The largest absolute Gasteiger partial charge is 0.387 e. The van der Waals surface area contributed by atoms with E-state index in [4.69, 9.17) is 5.73 Å². The SMILES string of the molecule is CCCC(N)=NC1CCCC(SC)C1. The predicted molar refractivity (Wildman–Crippen MR) is 66.1 cm³/mol. The molecule has 1 rings (SSSR count). The Bertz CT molecular complexity index is 192. The van der Waals surface area contributed by atoms with E-state index in [1.165, 1.54) is 25.7 Å². The van der Waals surface area contributed by atoms with E-state index in [1.54, 1.807) is 0 Å². The Morgan fingerprint density at radius 2 is 2.29 bits per heavy atom. The summed E-state index contributed by atoms with van der Waals surface area (Å²) in [6.45, 7) is 2.15. The lowest BCUT2D eigenvalue weighted by atomic mass is 9.95. The zero-order valence-corrected chi connectivity index (χ0v) is 10.1. The minimum absolute atomic E-state index is 0.507. The van der Waals surface area contributed by atoms with Crippen LogP contribution in [0.15, 0.2) is 4.99 Å². The van der Waals surface area contributed by atoms with Gasteiger partial charge >= 0.3 is 0 Å². The van der Waals surface area contributed by atoms with Crippen molar-refractivity contribution in [3.63, 3.8) is 0 Å². The van der Waals surface area contributed by atoms with E-state index in [0.29, 0.717) is 6.04 Å². The molecule has 3 heteroatoms. The van der Waals surface area contributed by atoms with Crippen LogP contribution in [0.5, 0.6) is 0 Å². The second kappa shape index (κ2) is 6.33. The van der Waals surface area contributed by atoms with Gasteiger partial charge in [0.2, 0.25) is 0 Å². The zero-order valence-electron chi connectivity index (χ0n) is 9.33. The van der Waals surface area contributed by atoms with E-state index in [1.807, 2.05) is 11.8 Å². The van der Waals surface area contributed by atoms with E-state index < -0.39 is 0 Å². The second-order valence-electron chi connectivity index (χ2n) is 4.05. The van der Waals surface area contributed by atoms with Crippen molar-refractivity contribution in [2.24, 2.45) is 10.7 Å². The average molecular weight is 214 g/mol. The van der Waals surface area contributed by atoms with Gasteiger partial charge in [-0.25, -0.2) is 0 Å². The minimum atomic E-state index is 0.507. The summed E-state index contributed by atoms with van der Waals surface area (Å²) in [6.07, 6.45) is 9.41. The van der Waals surface area contributed by atoms with E-state index in [0.717, 1.165) is 23.9 Å². The van der Waals surface area contributed by atoms with Crippen LogP contribution in [0.2, 0.25) is 0 Å². The lowest BCUT2D eigenvalue weighted by Gasteiger charge is -2.25. The molecule has 0 saturated heterocycles. The number of nitrogens with zero attached hydrogens (tertiary/aromatic N) is 1. The first kappa shape index (κ1) is 11.9. The zero-order chi connectivity index (χ0) is 10.4. The molecule has 2 nitrogen and oxygen atoms in total. The molecule has 1 saturated carbocycles. The lowest BCUT2D eigenvalue weighted by molar-refractivity contribution is 0.453. The third-order valence-electron chi connectivity index (χ3n) is 2.79. The van der Waals surface area contributed by atoms with Crippen LogP contribution in [0.3, 0.4) is 0 Å². The molecule has 0 aromatic rings. The van der Waals surface area contributed by atoms with Crippen LogP contribution in [-0.2, 0) is 0 Å². The van der Waals surface area contributed by atoms with E-state index >= 15 is 0 Å². The van der Waals surface area contributed by atoms with Crippen LogP contribution in [-0.4, -0.2) is 23.4 Å². The third kappa shape index (κ3) is 3.91. The number of rotatable bonds is 4. The van der Waals surface area contributed by atoms with Crippen molar-refractivity contribution in [3.8, 4) is 0 Å². The van der Waals surface area contributed by atoms with E-state index in [-0.39, 0.29) is 0 Å². The summed E-state index contributed by atoms with van der Waals surface area (Å²) in [4.78, 5) is 4.61. The van der Waals surface area contributed by atoms with E-state index in [2.05, 4.69) is 18.2 Å². The second-order valence-corrected chi connectivity index (χ2v) is 5.19. The molecule has 0 aromatic carbocycles. The molecular weight excluding hydrogens is 192 g/mol. The molecule has 2 unspecified atom stereocenters. The smallest absolute Gasteiger partial charge is 0.0940 e. The summed E-state index contributed by atoms with van der Waals surface area (Å²) in [5, 5.41) is 0.812. The monoisotopic (exact) mass is 214 g/mol. The maximum absolute atomic E-state index is 5.85. The topological polar surface area (TPSA) is 38.4 Å². The van der Waals surface area contributed by atoms with Crippen molar-refractivity contribution < 1.29 is 0 Å². The molecule has 0 amide bonds. The highest BCUT2D eigenvalue weighted by molar-refractivity contribution is 7.99. The maximum Gasteiger partial charge on any atom is 0.0940 e. The van der Waals surface area contributed by atoms with Crippen molar-refractivity contribution in [2.45, 2.75) is 56.7 Å². The number of thioether (sulfide) groups is 1. The first-order valence-corrected chi connectivity index (χ1v) is 6.90. The first-order valence-electron chi connectivity index (χ1n) is 5.61. The average Bonchev–Trinajstić information content (AvgIpc) is 2.18. The summed E-state index contributed by atoms with van der Waals surface area (Å²) >= 11 is 1.98. The number of hydrogen-bond donors (Lipinski definition) is 1. The third-order valence-corrected chi connectivity index (χ3v) is 3.88. The molecule has 1 aliphatic carbocycles. The number of nitrogens with two attached hydrogens (primary N) is 1. The van der Waals surface area contributed by atoms with Crippen LogP contribution < -0.4 is 5.73 Å². The fraction of sp³-hybridized carbons (Fsp3) is 0.909. The highest BCUT2D eigenvalue weighted by Gasteiger charge is 2.20. The lowest BCUT2D eigenvalue weighted by Crippen LogP contribution is -2.23. The summed E-state index contributed by atoms with van der Waals surface area (Å²) in [5.41, 5.74) is 5.85. The van der Waals surface area contributed by atoms with Crippen molar-refractivity contribution >= 4 is 17.6 Å². The summed E-state index contributed by atoms with van der Waals surface area (Å²) in [7, 11) is 0. The van der Waals surface area contributed by atoms with Gasteiger partial charge in [-0.05, 0) is 31.9 Å². The first-order chi connectivity index (χ1) is 6.76. The number of aliphatic imine (C=N–C) groups is 1. The Labute approximate surface area is 91.7 Å².